The van der Waals surface area contributed by atoms with E-state index in [1.165, 1.54) is 11.8 Å². The third-order valence-corrected chi connectivity index (χ3v) is 4.61. The maximum absolute atomic E-state index is 12.8. The zero-order valence-corrected chi connectivity index (χ0v) is 16.6. The minimum atomic E-state index is -4.63. The van der Waals surface area contributed by atoms with Gasteiger partial charge in [-0.05, 0) is 30.7 Å². The number of aromatic nitrogens is 3. The number of thioether (sulfide) groups is 1. The van der Waals surface area contributed by atoms with Crippen LogP contribution >= 0.6 is 11.8 Å². The summed E-state index contributed by atoms with van der Waals surface area (Å²) >= 11 is 1.51. The molecular weight excluding hydrogens is 395 g/mol. The molecule has 1 heterocycles. The fourth-order valence-electron chi connectivity index (χ4n) is 2.68. The van der Waals surface area contributed by atoms with Gasteiger partial charge in [0.05, 0.1) is 10.5 Å². The zero-order chi connectivity index (χ0) is 20.9. The molecule has 1 aromatic carbocycles. The third kappa shape index (κ3) is 5.60. The molecule has 0 saturated heterocycles. The summed E-state index contributed by atoms with van der Waals surface area (Å²) in [6.45, 7) is 5.34. The number of halogens is 3. The second-order valence-electron chi connectivity index (χ2n) is 6.62. The van der Waals surface area contributed by atoms with Crippen molar-refractivity contribution in [3.05, 3.63) is 39.7 Å². The number of nitro benzene ring substituents is 1. The number of aryl methyl sites for hydroxylation is 1. The number of nitro groups is 1. The van der Waals surface area contributed by atoms with Crippen LogP contribution < -0.4 is 5.32 Å². The summed E-state index contributed by atoms with van der Waals surface area (Å²) in [6.07, 6.45) is -1.50. The number of hydrogen-bond donors (Lipinski definition) is 1. The molecule has 28 heavy (non-hydrogen) atoms. The first-order chi connectivity index (χ1) is 13.1. The normalized spacial score (nSPS) is 11.8. The Morgan fingerprint density at radius 1 is 1.32 bits per heavy atom. The molecule has 2 rings (SSSR count). The van der Waals surface area contributed by atoms with Gasteiger partial charge in [0.1, 0.15) is 11.5 Å². The summed E-state index contributed by atoms with van der Waals surface area (Å²) in [5.74, 6) is 1.25. The molecule has 2 aromatic rings. The maximum Gasteiger partial charge on any atom is 0.416 e. The van der Waals surface area contributed by atoms with Crippen molar-refractivity contribution in [2.24, 2.45) is 5.92 Å². The van der Waals surface area contributed by atoms with Crippen molar-refractivity contribution in [1.82, 2.24) is 14.8 Å². The molecule has 0 aliphatic rings. The van der Waals surface area contributed by atoms with Crippen LogP contribution in [0.2, 0.25) is 0 Å². The van der Waals surface area contributed by atoms with Crippen LogP contribution in [0.15, 0.2) is 23.4 Å². The fraction of sp³-hybridized carbons (Fsp3) is 0.529. The largest absolute Gasteiger partial charge is 0.416 e. The molecule has 1 N–H and O–H groups in total. The van der Waals surface area contributed by atoms with E-state index in [9.17, 15) is 23.3 Å². The molecule has 0 radical (unpaired) electrons. The number of rotatable bonds is 9. The molecule has 0 bridgehead atoms. The molecule has 0 atom stereocenters. The van der Waals surface area contributed by atoms with Gasteiger partial charge in [-0.2, -0.15) is 13.2 Å². The van der Waals surface area contributed by atoms with Crippen LogP contribution in [0.4, 0.5) is 24.5 Å². The molecular formula is C17H22F3N5O2S. The highest BCUT2D eigenvalue weighted by Crippen LogP contribution is 2.34. The Balaban J connectivity index is 2.03. The van der Waals surface area contributed by atoms with Gasteiger partial charge < -0.3 is 9.88 Å². The van der Waals surface area contributed by atoms with E-state index in [4.69, 9.17) is 0 Å². The van der Waals surface area contributed by atoms with Gasteiger partial charge >= 0.3 is 6.18 Å². The molecule has 0 aliphatic heterocycles. The van der Waals surface area contributed by atoms with Gasteiger partial charge in [-0.1, -0.05) is 25.6 Å². The third-order valence-electron chi connectivity index (χ3n) is 3.94. The lowest BCUT2D eigenvalue weighted by atomic mass is 10.1. The smallest absolute Gasteiger partial charge is 0.379 e. The second-order valence-corrected chi connectivity index (χ2v) is 7.40. The van der Waals surface area contributed by atoms with Gasteiger partial charge in [0.25, 0.3) is 5.69 Å². The first-order valence-electron chi connectivity index (χ1n) is 8.69. The van der Waals surface area contributed by atoms with E-state index in [-0.39, 0.29) is 5.69 Å². The summed E-state index contributed by atoms with van der Waals surface area (Å²) in [5.41, 5.74) is -1.58. The molecule has 0 saturated carbocycles. The van der Waals surface area contributed by atoms with Crippen LogP contribution in [0, 0.1) is 16.0 Å². The number of alkyl halides is 3. The summed E-state index contributed by atoms with van der Waals surface area (Å²) in [4.78, 5) is 10.3. The minimum Gasteiger partial charge on any atom is -0.379 e. The molecule has 1 aromatic heterocycles. The van der Waals surface area contributed by atoms with Crippen LogP contribution in [0.5, 0.6) is 0 Å². The molecule has 0 unspecified atom stereocenters. The summed E-state index contributed by atoms with van der Waals surface area (Å²) in [6, 6.07) is 2.47. The highest BCUT2D eigenvalue weighted by atomic mass is 32.2. The standard InChI is InChI=1S/C17H22F3N5O2S/c1-11(2)10-24-15(22-23-16(24)28-3)5-4-8-21-13-7-6-12(17(18,19)20)9-14(13)25(26)27/h6-7,9,11,21H,4-5,8,10H2,1-3H3. The van der Waals surface area contributed by atoms with Gasteiger partial charge in [-0.25, -0.2) is 0 Å². The van der Waals surface area contributed by atoms with Crippen LogP contribution in [-0.4, -0.2) is 32.5 Å². The number of benzene rings is 1. The lowest BCUT2D eigenvalue weighted by molar-refractivity contribution is -0.384. The van der Waals surface area contributed by atoms with Gasteiger partial charge in [-0.15, -0.1) is 10.2 Å². The van der Waals surface area contributed by atoms with E-state index in [0.717, 1.165) is 29.7 Å². The van der Waals surface area contributed by atoms with Crippen molar-refractivity contribution < 1.29 is 18.1 Å². The Bertz CT molecular complexity index is 824. The van der Waals surface area contributed by atoms with E-state index in [0.29, 0.717) is 31.4 Å². The Morgan fingerprint density at radius 3 is 2.61 bits per heavy atom. The summed E-state index contributed by atoms with van der Waals surface area (Å²) < 4.78 is 40.3. The van der Waals surface area contributed by atoms with Crippen molar-refractivity contribution in [2.45, 2.75) is 44.6 Å². The Morgan fingerprint density at radius 2 is 2.04 bits per heavy atom. The highest BCUT2D eigenvalue weighted by Gasteiger charge is 2.33. The first kappa shape index (κ1) is 22.0. The zero-order valence-electron chi connectivity index (χ0n) is 15.8. The predicted molar refractivity (Wildman–Crippen MR) is 102 cm³/mol. The second kappa shape index (κ2) is 9.26. The highest BCUT2D eigenvalue weighted by molar-refractivity contribution is 7.98. The van der Waals surface area contributed by atoms with Gasteiger partial charge in [0, 0.05) is 25.6 Å². The fourth-order valence-corrected chi connectivity index (χ4v) is 3.20. The van der Waals surface area contributed by atoms with Gasteiger partial charge in [0.15, 0.2) is 5.16 Å². The average molecular weight is 417 g/mol. The minimum absolute atomic E-state index is 0.0615. The molecule has 0 amide bonds. The molecule has 7 nitrogen and oxygen atoms in total. The maximum atomic E-state index is 12.8. The van der Waals surface area contributed by atoms with Crippen molar-refractivity contribution in [3.8, 4) is 0 Å². The molecule has 154 valence electrons. The van der Waals surface area contributed by atoms with E-state index >= 15 is 0 Å². The number of anilines is 1. The van der Waals surface area contributed by atoms with E-state index in [1.54, 1.807) is 0 Å². The van der Waals surface area contributed by atoms with Gasteiger partial charge in [-0.3, -0.25) is 10.1 Å². The van der Waals surface area contributed by atoms with Crippen molar-refractivity contribution >= 4 is 23.1 Å². The van der Waals surface area contributed by atoms with Crippen LogP contribution in [0.25, 0.3) is 0 Å². The lowest BCUT2D eigenvalue weighted by Crippen LogP contribution is -2.12. The SMILES string of the molecule is CSc1nnc(CCCNc2ccc(C(F)(F)F)cc2[N+](=O)[O-])n1CC(C)C. The Hall–Kier alpha value is -2.30. The summed E-state index contributed by atoms with van der Waals surface area (Å²) in [7, 11) is 0. The molecule has 0 aliphatic carbocycles. The van der Waals surface area contributed by atoms with Crippen LogP contribution in [-0.2, 0) is 19.1 Å². The number of hydrogen-bond acceptors (Lipinski definition) is 6. The topological polar surface area (TPSA) is 85.9 Å². The van der Waals surface area contributed by atoms with E-state index < -0.39 is 22.4 Å². The number of nitrogens with one attached hydrogen (secondary N) is 1. The average Bonchev–Trinajstić information content (AvgIpc) is 2.98. The Labute approximate surface area is 164 Å². The van der Waals surface area contributed by atoms with E-state index in [2.05, 4.69) is 33.9 Å². The lowest BCUT2D eigenvalue weighted by Gasteiger charge is -2.12. The monoisotopic (exact) mass is 417 g/mol. The predicted octanol–water partition coefficient (Wildman–Crippen LogP) is 4.63. The molecule has 11 heteroatoms. The van der Waals surface area contributed by atoms with Crippen LogP contribution in [0.3, 0.4) is 0 Å². The van der Waals surface area contributed by atoms with Crippen molar-refractivity contribution in [2.75, 3.05) is 18.1 Å². The van der Waals surface area contributed by atoms with Crippen molar-refractivity contribution in [1.29, 1.82) is 0 Å². The molecule has 0 spiro atoms. The summed E-state index contributed by atoms with van der Waals surface area (Å²) in [5, 5.41) is 23.1. The van der Waals surface area contributed by atoms with E-state index in [1.807, 2.05) is 6.26 Å². The number of nitrogens with zero attached hydrogens (tertiary/aromatic N) is 4. The van der Waals surface area contributed by atoms with Crippen LogP contribution in [0.1, 0.15) is 31.7 Å². The van der Waals surface area contributed by atoms with Crippen molar-refractivity contribution in [3.63, 3.8) is 0 Å². The van der Waals surface area contributed by atoms with Gasteiger partial charge in [0.2, 0.25) is 0 Å². The molecule has 0 fully saturated rings. The quantitative estimate of drug-likeness (QED) is 0.277. The first-order valence-corrected chi connectivity index (χ1v) is 9.91. The Kier molecular flexibility index (Phi) is 7.28.